The van der Waals surface area contributed by atoms with Gasteiger partial charge in [-0.05, 0) is 43.3 Å². The first-order valence-corrected chi connectivity index (χ1v) is 7.14. The van der Waals surface area contributed by atoms with Crippen LogP contribution in [0.25, 0.3) is 0 Å². The van der Waals surface area contributed by atoms with Gasteiger partial charge in [-0.15, -0.1) is 0 Å². The topological polar surface area (TPSA) is 54.0 Å². The molecular formula is C15H16BrN3O. The van der Waals surface area contributed by atoms with Gasteiger partial charge in [0.1, 0.15) is 0 Å². The first-order chi connectivity index (χ1) is 9.65. The van der Waals surface area contributed by atoms with Crippen molar-refractivity contribution in [3.8, 4) is 0 Å². The van der Waals surface area contributed by atoms with Gasteiger partial charge in [-0.25, -0.2) is 0 Å². The molecule has 1 atom stereocenters. The number of nitrogens with zero attached hydrogens (tertiary/aromatic N) is 1. The van der Waals surface area contributed by atoms with Crippen LogP contribution in [0.4, 0.5) is 5.69 Å². The summed E-state index contributed by atoms with van der Waals surface area (Å²) in [6, 6.07) is 13.3. The minimum atomic E-state index is -0.0740. The summed E-state index contributed by atoms with van der Waals surface area (Å²) in [6.07, 6.45) is 1.75. The molecule has 1 amide bonds. The number of nitrogens with one attached hydrogen (secondary N) is 2. The van der Waals surface area contributed by atoms with Crippen molar-refractivity contribution in [1.82, 2.24) is 10.3 Å². The van der Waals surface area contributed by atoms with Gasteiger partial charge in [-0.1, -0.05) is 22.0 Å². The molecule has 0 saturated heterocycles. The van der Waals surface area contributed by atoms with E-state index in [1.54, 1.807) is 6.20 Å². The van der Waals surface area contributed by atoms with Crippen molar-refractivity contribution >= 4 is 27.5 Å². The molecule has 0 fully saturated rings. The Morgan fingerprint density at radius 3 is 2.65 bits per heavy atom. The average molecular weight is 334 g/mol. The van der Waals surface area contributed by atoms with Gasteiger partial charge in [-0.2, -0.15) is 0 Å². The summed E-state index contributed by atoms with van der Waals surface area (Å²) in [5.74, 6) is -0.0740. The van der Waals surface area contributed by atoms with Crippen molar-refractivity contribution in [1.29, 1.82) is 0 Å². The Kier molecular flexibility index (Phi) is 5.26. The van der Waals surface area contributed by atoms with Crippen LogP contribution in [-0.4, -0.2) is 17.4 Å². The van der Waals surface area contributed by atoms with Crippen LogP contribution in [0.5, 0.6) is 0 Å². The highest BCUT2D eigenvalue weighted by atomic mass is 79.9. The van der Waals surface area contributed by atoms with Gasteiger partial charge in [0.05, 0.1) is 12.2 Å². The van der Waals surface area contributed by atoms with E-state index in [0.717, 1.165) is 15.9 Å². The Labute approximate surface area is 126 Å². The van der Waals surface area contributed by atoms with E-state index in [2.05, 4.69) is 31.5 Å². The standard InChI is InChI=1S/C15H16BrN3O/c1-11(14-4-2-3-9-17-14)18-10-15(20)19-13-7-5-12(16)6-8-13/h2-9,11,18H,10H2,1H3,(H,19,20)/t11-/m1/s1. The van der Waals surface area contributed by atoms with E-state index in [1.165, 1.54) is 0 Å². The number of anilines is 1. The summed E-state index contributed by atoms with van der Waals surface area (Å²) in [5.41, 5.74) is 1.70. The molecule has 0 spiro atoms. The van der Waals surface area contributed by atoms with E-state index >= 15 is 0 Å². The second-order valence-corrected chi connectivity index (χ2v) is 5.33. The number of pyridine rings is 1. The lowest BCUT2D eigenvalue weighted by Gasteiger charge is -2.13. The van der Waals surface area contributed by atoms with Gasteiger partial charge in [0.25, 0.3) is 0 Å². The van der Waals surface area contributed by atoms with E-state index in [9.17, 15) is 4.79 Å². The van der Waals surface area contributed by atoms with Crippen LogP contribution in [0.3, 0.4) is 0 Å². The highest BCUT2D eigenvalue weighted by molar-refractivity contribution is 9.10. The molecule has 2 aromatic rings. The number of aromatic nitrogens is 1. The van der Waals surface area contributed by atoms with Crippen molar-refractivity contribution in [2.75, 3.05) is 11.9 Å². The normalized spacial score (nSPS) is 11.9. The number of amides is 1. The van der Waals surface area contributed by atoms with E-state index in [-0.39, 0.29) is 18.5 Å². The molecule has 0 radical (unpaired) electrons. The highest BCUT2D eigenvalue weighted by Crippen LogP contribution is 2.14. The van der Waals surface area contributed by atoms with Crippen LogP contribution in [0.2, 0.25) is 0 Å². The van der Waals surface area contributed by atoms with Crippen molar-refractivity contribution in [3.63, 3.8) is 0 Å². The molecule has 1 aromatic carbocycles. The number of carbonyl (C=O) groups is 1. The Balaban J connectivity index is 1.82. The number of hydrogen-bond donors (Lipinski definition) is 2. The average Bonchev–Trinajstić information content (AvgIpc) is 2.48. The fourth-order valence-electron chi connectivity index (χ4n) is 1.72. The summed E-state index contributed by atoms with van der Waals surface area (Å²) < 4.78 is 0.984. The Morgan fingerprint density at radius 2 is 2.00 bits per heavy atom. The fourth-order valence-corrected chi connectivity index (χ4v) is 1.99. The predicted molar refractivity (Wildman–Crippen MR) is 83.4 cm³/mol. The van der Waals surface area contributed by atoms with E-state index in [1.807, 2.05) is 49.4 Å². The van der Waals surface area contributed by atoms with Gasteiger partial charge >= 0.3 is 0 Å². The first-order valence-electron chi connectivity index (χ1n) is 6.35. The monoisotopic (exact) mass is 333 g/mol. The van der Waals surface area contributed by atoms with Gasteiger partial charge in [0.15, 0.2) is 0 Å². The molecule has 104 valence electrons. The quantitative estimate of drug-likeness (QED) is 0.883. The molecule has 0 aliphatic heterocycles. The third kappa shape index (κ3) is 4.43. The van der Waals surface area contributed by atoms with Crippen LogP contribution < -0.4 is 10.6 Å². The van der Waals surface area contributed by atoms with Crippen LogP contribution in [-0.2, 0) is 4.79 Å². The second kappa shape index (κ2) is 7.17. The van der Waals surface area contributed by atoms with Crippen molar-refractivity contribution < 1.29 is 4.79 Å². The summed E-state index contributed by atoms with van der Waals surface area (Å²) in [7, 11) is 0. The maximum atomic E-state index is 11.8. The van der Waals surface area contributed by atoms with Crippen molar-refractivity contribution in [2.24, 2.45) is 0 Å². The molecule has 20 heavy (non-hydrogen) atoms. The zero-order valence-electron chi connectivity index (χ0n) is 11.1. The van der Waals surface area contributed by atoms with Gasteiger partial charge in [0, 0.05) is 22.4 Å². The molecule has 2 N–H and O–H groups in total. The lowest BCUT2D eigenvalue weighted by molar-refractivity contribution is -0.115. The Hall–Kier alpha value is -1.72. The third-order valence-electron chi connectivity index (χ3n) is 2.83. The molecule has 0 saturated carbocycles. The molecule has 1 aromatic heterocycles. The maximum absolute atomic E-state index is 11.8. The van der Waals surface area contributed by atoms with E-state index in [4.69, 9.17) is 0 Å². The molecule has 0 aliphatic carbocycles. The van der Waals surface area contributed by atoms with Crippen LogP contribution in [0, 0.1) is 0 Å². The van der Waals surface area contributed by atoms with Crippen LogP contribution in [0.15, 0.2) is 53.1 Å². The predicted octanol–water partition coefficient (Wildman–Crippen LogP) is 3.13. The lowest BCUT2D eigenvalue weighted by Crippen LogP contribution is -2.30. The number of carbonyl (C=O) groups excluding carboxylic acids is 1. The minimum Gasteiger partial charge on any atom is -0.325 e. The molecule has 4 nitrogen and oxygen atoms in total. The SMILES string of the molecule is C[C@@H](NCC(=O)Nc1ccc(Br)cc1)c1ccccn1. The van der Waals surface area contributed by atoms with Crippen molar-refractivity contribution in [2.45, 2.75) is 13.0 Å². The molecular weight excluding hydrogens is 318 g/mol. The lowest BCUT2D eigenvalue weighted by atomic mass is 10.2. The van der Waals surface area contributed by atoms with Crippen LogP contribution in [0.1, 0.15) is 18.7 Å². The highest BCUT2D eigenvalue weighted by Gasteiger charge is 2.08. The zero-order valence-corrected chi connectivity index (χ0v) is 12.7. The van der Waals surface area contributed by atoms with Gasteiger partial charge in [0.2, 0.25) is 5.91 Å². The minimum absolute atomic E-state index is 0.0341. The molecule has 1 heterocycles. The summed E-state index contributed by atoms with van der Waals surface area (Å²) in [5, 5.41) is 5.98. The van der Waals surface area contributed by atoms with E-state index in [0.29, 0.717) is 0 Å². The number of benzene rings is 1. The molecule has 0 bridgehead atoms. The van der Waals surface area contributed by atoms with Gasteiger partial charge < -0.3 is 10.6 Å². The maximum Gasteiger partial charge on any atom is 0.238 e. The summed E-state index contributed by atoms with van der Waals surface area (Å²) in [4.78, 5) is 16.1. The third-order valence-corrected chi connectivity index (χ3v) is 3.36. The van der Waals surface area contributed by atoms with Gasteiger partial charge in [-0.3, -0.25) is 9.78 Å². The summed E-state index contributed by atoms with van der Waals surface area (Å²) in [6.45, 7) is 2.23. The fraction of sp³-hybridized carbons (Fsp3) is 0.200. The molecule has 2 rings (SSSR count). The first kappa shape index (κ1) is 14.7. The number of halogens is 1. The Bertz CT molecular complexity index is 557. The number of hydrogen-bond acceptors (Lipinski definition) is 3. The second-order valence-electron chi connectivity index (χ2n) is 4.41. The largest absolute Gasteiger partial charge is 0.325 e. The van der Waals surface area contributed by atoms with Crippen molar-refractivity contribution in [3.05, 3.63) is 58.8 Å². The molecule has 0 aliphatic rings. The van der Waals surface area contributed by atoms with E-state index < -0.39 is 0 Å². The summed E-state index contributed by atoms with van der Waals surface area (Å²) >= 11 is 3.36. The zero-order chi connectivity index (χ0) is 14.4. The molecule has 0 unspecified atom stereocenters. The smallest absolute Gasteiger partial charge is 0.238 e. The van der Waals surface area contributed by atoms with Crippen LogP contribution >= 0.6 is 15.9 Å². The molecule has 5 heteroatoms. The number of rotatable bonds is 5. The Morgan fingerprint density at radius 1 is 1.25 bits per heavy atom.